The van der Waals surface area contributed by atoms with Gasteiger partial charge in [-0.15, -0.1) is 0 Å². The number of likely N-dealkylation sites (N-methyl/N-ethyl adjacent to an activating group) is 1. The summed E-state index contributed by atoms with van der Waals surface area (Å²) in [5, 5.41) is 0. The predicted molar refractivity (Wildman–Crippen MR) is 91.3 cm³/mol. The van der Waals surface area contributed by atoms with Crippen molar-refractivity contribution in [1.29, 1.82) is 0 Å². The Morgan fingerprint density at radius 2 is 1.83 bits per heavy atom. The number of aromatic nitrogens is 2. The fourth-order valence-corrected chi connectivity index (χ4v) is 2.82. The number of rotatable bonds is 4. The van der Waals surface area contributed by atoms with Gasteiger partial charge in [-0.1, -0.05) is 0 Å². The summed E-state index contributed by atoms with van der Waals surface area (Å²) < 4.78 is 0. The first-order valence-corrected chi connectivity index (χ1v) is 7.97. The van der Waals surface area contributed by atoms with Crippen LogP contribution in [0.25, 0.3) is 0 Å². The van der Waals surface area contributed by atoms with E-state index in [1.54, 1.807) is 4.90 Å². The minimum absolute atomic E-state index is 0.0134. The summed E-state index contributed by atoms with van der Waals surface area (Å²) in [4.78, 5) is 29.2. The van der Waals surface area contributed by atoms with E-state index < -0.39 is 0 Å². The second-order valence-electron chi connectivity index (χ2n) is 6.71. The van der Waals surface area contributed by atoms with E-state index in [-0.39, 0.29) is 11.8 Å². The Bertz CT molecular complexity index is 516. The van der Waals surface area contributed by atoms with Gasteiger partial charge in [-0.2, -0.15) is 0 Å². The van der Waals surface area contributed by atoms with Crippen LogP contribution in [0.15, 0.2) is 12.4 Å². The quantitative estimate of drug-likeness (QED) is 0.778. The fourth-order valence-electron chi connectivity index (χ4n) is 2.82. The van der Waals surface area contributed by atoms with Crippen LogP contribution < -0.4 is 4.90 Å². The lowest BCUT2D eigenvalue weighted by Gasteiger charge is -2.25. The molecule has 0 bridgehead atoms. The topological polar surface area (TPSA) is 55.8 Å². The molecule has 1 aliphatic rings. The molecule has 0 spiro atoms. The molecule has 0 aromatic carbocycles. The van der Waals surface area contributed by atoms with Crippen LogP contribution in [0, 0.1) is 5.92 Å². The van der Waals surface area contributed by atoms with Gasteiger partial charge in [-0.3, -0.25) is 9.69 Å². The molecule has 1 aliphatic heterocycles. The summed E-state index contributed by atoms with van der Waals surface area (Å²) in [7, 11) is 9.58. The molecule has 1 aromatic rings. The van der Waals surface area contributed by atoms with Gasteiger partial charge in [-0.05, 0) is 7.05 Å². The molecule has 0 unspecified atom stereocenters. The van der Waals surface area contributed by atoms with Gasteiger partial charge in [-0.25, -0.2) is 9.97 Å². The Hall–Kier alpha value is -1.73. The lowest BCUT2D eigenvalue weighted by atomic mass is 10.1. The maximum absolute atomic E-state index is 12.4. The van der Waals surface area contributed by atoms with Crippen LogP contribution in [-0.2, 0) is 11.3 Å². The average Bonchev–Trinajstić information content (AvgIpc) is 2.69. The number of hydrogen-bond acceptors (Lipinski definition) is 6. The molecule has 0 N–H and O–H groups in total. The predicted octanol–water partition coefficient (Wildman–Crippen LogP) is -0.00560. The van der Waals surface area contributed by atoms with Crippen LogP contribution in [0.3, 0.4) is 0 Å². The minimum Gasteiger partial charge on any atom is -0.348 e. The van der Waals surface area contributed by atoms with E-state index in [9.17, 15) is 4.79 Å². The summed E-state index contributed by atoms with van der Waals surface area (Å²) in [5.41, 5.74) is 1.08. The Morgan fingerprint density at radius 3 is 2.39 bits per heavy atom. The van der Waals surface area contributed by atoms with Crippen LogP contribution in [0.5, 0.6) is 0 Å². The molecule has 0 saturated carbocycles. The first-order valence-electron chi connectivity index (χ1n) is 7.97. The van der Waals surface area contributed by atoms with E-state index in [1.807, 2.05) is 45.5 Å². The maximum atomic E-state index is 12.4. The summed E-state index contributed by atoms with van der Waals surface area (Å²) in [6, 6.07) is 0. The van der Waals surface area contributed by atoms with Crippen LogP contribution >= 0.6 is 0 Å². The lowest BCUT2D eigenvalue weighted by Crippen LogP contribution is -2.40. The molecule has 128 valence electrons. The Balaban J connectivity index is 2.04. The van der Waals surface area contributed by atoms with Gasteiger partial charge in [0.15, 0.2) is 0 Å². The Labute approximate surface area is 138 Å². The van der Waals surface area contributed by atoms with Gasteiger partial charge >= 0.3 is 0 Å². The molecular formula is C16H28N6O. The van der Waals surface area contributed by atoms with Gasteiger partial charge < -0.3 is 14.7 Å². The fraction of sp³-hybridized carbons (Fsp3) is 0.688. The summed E-state index contributed by atoms with van der Waals surface area (Å²) in [6.07, 6.45) is 3.75. The van der Waals surface area contributed by atoms with Crippen molar-refractivity contribution >= 4 is 11.9 Å². The second-order valence-corrected chi connectivity index (χ2v) is 6.71. The third kappa shape index (κ3) is 4.87. The summed E-state index contributed by atoms with van der Waals surface area (Å²) in [6.45, 7) is 4.27. The zero-order valence-electron chi connectivity index (χ0n) is 14.9. The van der Waals surface area contributed by atoms with Gasteiger partial charge in [0.25, 0.3) is 0 Å². The highest BCUT2D eigenvalue weighted by atomic mass is 16.2. The van der Waals surface area contributed by atoms with Crippen molar-refractivity contribution in [2.75, 3.05) is 66.3 Å². The highest BCUT2D eigenvalue weighted by Crippen LogP contribution is 2.14. The molecule has 2 rings (SSSR count). The van der Waals surface area contributed by atoms with Crippen molar-refractivity contribution in [2.24, 2.45) is 5.92 Å². The van der Waals surface area contributed by atoms with Gasteiger partial charge in [0, 0.05) is 78.9 Å². The van der Waals surface area contributed by atoms with Crippen molar-refractivity contribution in [3.8, 4) is 0 Å². The average molecular weight is 320 g/mol. The monoisotopic (exact) mass is 320 g/mol. The molecule has 1 aromatic heterocycles. The number of amides is 1. The highest BCUT2D eigenvalue weighted by molar-refractivity contribution is 5.78. The molecule has 1 amide bonds. The van der Waals surface area contributed by atoms with Gasteiger partial charge in [0.2, 0.25) is 11.9 Å². The molecule has 7 heteroatoms. The molecule has 0 radical (unpaired) electrons. The highest BCUT2D eigenvalue weighted by Gasteiger charge is 2.27. The van der Waals surface area contributed by atoms with Gasteiger partial charge in [0.1, 0.15) is 0 Å². The molecule has 1 saturated heterocycles. The SMILES string of the molecule is CN1CCN(Cc2cnc(N(C)C)nc2)C[C@@H](C(=O)N(C)C)C1. The van der Waals surface area contributed by atoms with Crippen LogP contribution in [0.1, 0.15) is 5.56 Å². The Kier molecular flexibility index (Phi) is 5.90. The summed E-state index contributed by atoms with van der Waals surface area (Å²) >= 11 is 0. The Morgan fingerprint density at radius 1 is 1.17 bits per heavy atom. The standard InChI is InChI=1S/C16H28N6O/c1-19(2)15(23)14-11-21(5)6-7-22(12-14)10-13-8-17-16(18-9-13)20(3)4/h8-9,14H,6-7,10-12H2,1-5H3/t14-/m0/s1. The lowest BCUT2D eigenvalue weighted by molar-refractivity contribution is -0.133. The molecular weight excluding hydrogens is 292 g/mol. The first kappa shape index (κ1) is 17.6. The van der Waals surface area contributed by atoms with Crippen molar-refractivity contribution in [1.82, 2.24) is 24.7 Å². The van der Waals surface area contributed by atoms with E-state index in [4.69, 9.17) is 0 Å². The third-order valence-electron chi connectivity index (χ3n) is 4.10. The number of nitrogens with zero attached hydrogens (tertiary/aromatic N) is 6. The van der Waals surface area contributed by atoms with E-state index in [0.717, 1.165) is 38.3 Å². The second kappa shape index (κ2) is 7.70. The number of carbonyl (C=O) groups is 1. The molecule has 2 heterocycles. The smallest absolute Gasteiger partial charge is 0.227 e. The number of hydrogen-bond donors (Lipinski definition) is 0. The van der Waals surface area contributed by atoms with Crippen LogP contribution in [0.4, 0.5) is 5.95 Å². The number of carbonyl (C=O) groups excluding carboxylic acids is 1. The zero-order valence-corrected chi connectivity index (χ0v) is 14.9. The minimum atomic E-state index is 0.0134. The number of anilines is 1. The van der Waals surface area contributed by atoms with E-state index in [2.05, 4.69) is 26.8 Å². The maximum Gasteiger partial charge on any atom is 0.227 e. The first-order chi connectivity index (χ1) is 10.9. The van der Waals surface area contributed by atoms with Crippen LogP contribution in [-0.4, -0.2) is 92.0 Å². The molecule has 1 atom stereocenters. The summed E-state index contributed by atoms with van der Waals surface area (Å²) in [5.74, 6) is 0.924. The largest absolute Gasteiger partial charge is 0.348 e. The molecule has 23 heavy (non-hydrogen) atoms. The molecule has 0 aliphatic carbocycles. The molecule has 1 fully saturated rings. The van der Waals surface area contributed by atoms with E-state index in [0.29, 0.717) is 5.95 Å². The van der Waals surface area contributed by atoms with Gasteiger partial charge in [0.05, 0.1) is 5.92 Å². The van der Waals surface area contributed by atoms with Crippen molar-refractivity contribution in [3.63, 3.8) is 0 Å². The van der Waals surface area contributed by atoms with Crippen LogP contribution in [0.2, 0.25) is 0 Å². The van der Waals surface area contributed by atoms with Crippen molar-refractivity contribution in [2.45, 2.75) is 6.54 Å². The van der Waals surface area contributed by atoms with Crippen molar-refractivity contribution in [3.05, 3.63) is 18.0 Å². The zero-order chi connectivity index (χ0) is 17.0. The van der Waals surface area contributed by atoms with E-state index >= 15 is 0 Å². The normalized spacial score (nSPS) is 20.1. The molecule has 7 nitrogen and oxygen atoms in total. The third-order valence-corrected chi connectivity index (χ3v) is 4.10. The van der Waals surface area contributed by atoms with Crippen molar-refractivity contribution < 1.29 is 4.79 Å². The van der Waals surface area contributed by atoms with E-state index in [1.165, 1.54) is 0 Å².